The number of piperidine rings is 1. The van der Waals surface area contributed by atoms with Crippen molar-refractivity contribution in [2.45, 2.75) is 24.7 Å². The van der Waals surface area contributed by atoms with Crippen molar-refractivity contribution < 1.29 is 22.4 Å². The molecule has 0 bridgehead atoms. The van der Waals surface area contributed by atoms with Crippen LogP contribution in [0.4, 0.5) is 10.1 Å². The van der Waals surface area contributed by atoms with Gasteiger partial charge in [-0.1, -0.05) is 12.1 Å². The highest BCUT2D eigenvalue weighted by molar-refractivity contribution is 7.89. The molecule has 2 aromatic rings. The molecule has 1 heterocycles. The number of benzene rings is 2. The van der Waals surface area contributed by atoms with E-state index < -0.39 is 10.0 Å². The fourth-order valence-corrected chi connectivity index (χ4v) is 4.62. The minimum atomic E-state index is -3.67. The first kappa shape index (κ1) is 20.2. The fraction of sp³-hybridized carbons (Fsp3) is 0.300. The van der Waals surface area contributed by atoms with Crippen molar-refractivity contribution >= 4 is 27.4 Å². The number of nitrogens with one attached hydrogen (secondary N) is 1. The zero-order valence-electron chi connectivity index (χ0n) is 15.4. The Kier molecular flexibility index (Phi) is 5.90. The summed E-state index contributed by atoms with van der Waals surface area (Å²) in [5.74, 6) is -1.02. The highest BCUT2D eigenvalue weighted by atomic mass is 32.2. The lowest BCUT2D eigenvalue weighted by Gasteiger charge is -2.30. The molecule has 0 saturated carbocycles. The van der Waals surface area contributed by atoms with E-state index in [2.05, 4.69) is 5.32 Å². The Hall–Kier alpha value is -2.58. The topological polar surface area (TPSA) is 83.6 Å². The second-order valence-corrected chi connectivity index (χ2v) is 8.69. The molecule has 148 valence electrons. The van der Waals surface area contributed by atoms with E-state index in [1.54, 1.807) is 0 Å². The Bertz CT molecular complexity index is 964. The predicted octanol–water partition coefficient (Wildman–Crippen LogP) is 3.07. The molecular weight excluding hydrogens is 383 g/mol. The average molecular weight is 404 g/mol. The first-order chi connectivity index (χ1) is 13.3. The quantitative estimate of drug-likeness (QED) is 0.777. The van der Waals surface area contributed by atoms with Gasteiger partial charge < -0.3 is 5.32 Å². The number of hydrogen-bond donors (Lipinski definition) is 1. The molecule has 6 nitrogen and oxygen atoms in total. The van der Waals surface area contributed by atoms with E-state index in [1.165, 1.54) is 59.8 Å². The standard InChI is InChI=1S/C20H21FN2O4S/c1-14(24)15-2-8-19(9-3-15)28(26,27)23-12-10-16(11-13-23)20(25)22-18-6-4-17(21)5-7-18/h2-9,16H,10-13H2,1H3,(H,22,25). The molecule has 1 saturated heterocycles. The molecule has 0 aliphatic carbocycles. The highest BCUT2D eigenvalue weighted by Gasteiger charge is 2.32. The molecular formula is C20H21FN2O4S. The summed E-state index contributed by atoms with van der Waals surface area (Å²) in [6, 6.07) is 11.4. The molecule has 1 N–H and O–H groups in total. The molecule has 0 aromatic heterocycles. The largest absolute Gasteiger partial charge is 0.326 e. The van der Waals surface area contributed by atoms with Crippen LogP contribution in [-0.2, 0) is 14.8 Å². The zero-order chi connectivity index (χ0) is 20.3. The molecule has 1 aliphatic rings. The van der Waals surface area contributed by atoms with Gasteiger partial charge in [0.1, 0.15) is 5.82 Å². The summed E-state index contributed by atoms with van der Waals surface area (Å²) in [5.41, 5.74) is 0.960. The summed E-state index contributed by atoms with van der Waals surface area (Å²) in [4.78, 5) is 23.8. The molecule has 28 heavy (non-hydrogen) atoms. The molecule has 1 aliphatic heterocycles. The maximum absolute atomic E-state index is 12.9. The van der Waals surface area contributed by atoms with E-state index in [0.29, 0.717) is 24.1 Å². The van der Waals surface area contributed by atoms with E-state index in [9.17, 15) is 22.4 Å². The minimum Gasteiger partial charge on any atom is -0.326 e. The Morgan fingerprint density at radius 1 is 1.00 bits per heavy atom. The van der Waals surface area contributed by atoms with Crippen molar-refractivity contribution in [1.82, 2.24) is 4.31 Å². The molecule has 8 heteroatoms. The summed E-state index contributed by atoms with van der Waals surface area (Å²) >= 11 is 0. The summed E-state index contributed by atoms with van der Waals surface area (Å²) in [6.45, 7) is 1.89. The number of carbonyl (C=O) groups excluding carboxylic acids is 2. The lowest BCUT2D eigenvalue weighted by molar-refractivity contribution is -0.120. The first-order valence-electron chi connectivity index (χ1n) is 8.95. The van der Waals surface area contributed by atoms with Crippen LogP contribution in [0, 0.1) is 11.7 Å². The molecule has 2 aromatic carbocycles. The van der Waals surface area contributed by atoms with Crippen molar-refractivity contribution in [3.05, 3.63) is 59.9 Å². The van der Waals surface area contributed by atoms with Crippen molar-refractivity contribution in [3.63, 3.8) is 0 Å². The fourth-order valence-electron chi connectivity index (χ4n) is 3.15. The van der Waals surface area contributed by atoms with Gasteiger partial charge in [-0.05, 0) is 56.2 Å². The van der Waals surface area contributed by atoms with Crippen molar-refractivity contribution in [3.8, 4) is 0 Å². The van der Waals surface area contributed by atoms with Gasteiger partial charge in [-0.25, -0.2) is 12.8 Å². The van der Waals surface area contributed by atoms with Crippen LogP contribution in [0.1, 0.15) is 30.1 Å². The average Bonchev–Trinajstić information content (AvgIpc) is 2.70. The lowest BCUT2D eigenvalue weighted by atomic mass is 9.97. The number of sulfonamides is 1. The molecule has 1 amide bonds. The van der Waals surface area contributed by atoms with Gasteiger partial charge in [0, 0.05) is 30.3 Å². The van der Waals surface area contributed by atoms with Crippen molar-refractivity contribution in [2.24, 2.45) is 5.92 Å². The molecule has 1 fully saturated rings. The number of nitrogens with zero attached hydrogens (tertiary/aromatic N) is 1. The van der Waals surface area contributed by atoms with Crippen LogP contribution in [0.15, 0.2) is 53.4 Å². The van der Waals surface area contributed by atoms with Gasteiger partial charge in [0.2, 0.25) is 15.9 Å². The lowest BCUT2D eigenvalue weighted by Crippen LogP contribution is -2.41. The summed E-state index contributed by atoms with van der Waals surface area (Å²) < 4.78 is 39.8. The predicted molar refractivity (Wildman–Crippen MR) is 103 cm³/mol. The van der Waals surface area contributed by atoms with Crippen molar-refractivity contribution in [2.75, 3.05) is 18.4 Å². The Morgan fingerprint density at radius 3 is 2.11 bits per heavy atom. The van der Waals surface area contributed by atoms with Crippen LogP contribution in [0.3, 0.4) is 0 Å². The van der Waals surface area contributed by atoms with Crippen LogP contribution >= 0.6 is 0 Å². The maximum atomic E-state index is 12.9. The smallest absolute Gasteiger partial charge is 0.243 e. The van der Waals surface area contributed by atoms with Crippen LogP contribution in [0.5, 0.6) is 0 Å². The van der Waals surface area contributed by atoms with Gasteiger partial charge in [-0.2, -0.15) is 4.31 Å². The van der Waals surface area contributed by atoms with E-state index in [-0.39, 0.29) is 41.4 Å². The summed E-state index contributed by atoms with van der Waals surface area (Å²) in [5, 5.41) is 2.74. The molecule has 0 unspecified atom stereocenters. The number of halogens is 1. The maximum Gasteiger partial charge on any atom is 0.243 e. The van der Waals surface area contributed by atoms with Crippen LogP contribution < -0.4 is 5.32 Å². The Labute approximate surface area is 163 Å². The van der Waals surface area contributed by atoms with Gasteiger partial charge in [0.15, 0.2) is 5.78 Å². The number of carbonyl (C=O) groups is 2. The van der Waals surface area contributed by atoms with Gasteiger partial charge in [0.25, 0.3) is 0 Å². The SMILES string of the molecule is CC(=O)c1ccc(S(=O)(=O)N2CCC(C(=O)Nc3ccc(F)cc3)CC2)cc1. The third-order valence-electron chi connectivity index (χ3n) is 4.84. The number of amides is 1. The van der Waals surface area contributed by atoms with Gasteiger partial charge in [-0.15, -0.1) is 0 Å². The third-order valence-corrected chi connectivity index (χ3v) is 6.75. The zero-order valence-corrected chi connectivity index (χ0v) is 16.2. The van der Waals surface area contributed by atoms with E-state index >= 15 is 0 Å². The number of Topliss-reactive ketones (excluding diaryl/α,β-unsaturated/α-hetero) is 1. The Balaban J connectivity index is 1.61. The van der Waals surface area contributed by atoms with E-state index in [1.807, 2.05) is 0 Å². The number of anilines is 1. The van der Waals surface area contributed by atoms with Gasteiger partial charge in [0.05, 0.1) is 4.90 Å². The Morgan fingerprint density at radius 2 is 1.57 bits per heavy atom. The third kappa shape index (κ3) is 4.45. The van der Waals surface area contributed by atoms with Crippen LogP contribution in [0.2, 0.25) is 0 Å². The molecule has 0 atom stereocenters. The molecule has 3 rings (SSSR count). The minimum absolute atomic E-state index is 0.128. The van der Waals surface area contributed by atoms with Gasteiger partial charge in [-0.3, -0.25) is 9.59 Å². The summed E-state index contributed by atoms with van der Waals surface area (Å²) in [7, 11) is -3.67. The molecule has 0 spiro atoms. The van der Waals surface area contributed by atoms with Crippen LogP contribution in [0.25, 0.3) is 0 Å². The van der Waals surface area contributed by atoms with E-state index in [0.717, 1.165) is 0 Å². The van der Waals surface area contributed by atoms with Gasteiger partial charge >= 0.3 is 0 Å². The van der Waals surface area contributed by atoms with E-state index in [4.69, 9.17) is 0 Å². The second kappa shape index (κ2) is 8.20. The number of rotatable bonds is 5. The summed E-state index contributed by atoms with van der Waals surface area (Å²) in [6.07, 6.45) is 0.801. The molecule has 0 radical (unpaired) electrons. The first-order valence-corrected chi connectivity index (χ1v) is 10.4. The second-order valence-electron chi connectivity index (χ2n) is 6.76. The van der Waals surface area contributed by atoms with Crippen molar-refractivity contribution in [1.29, 1.82) is 0 Å². The normalized spacial score (nSPS) is 15.9. The monoisotopic (exact) mass is 404 g/mol. The van der Waals surface area contributed by atoms with Crippen LogP contribution in [-0.4, -0.2) is 37.5 Å². The number of ketones is 1. The number of hydrogen-bond acceptors (Lipinski definition) is 4. The highest BCUT2D eigenvalue weighted by Crippen LogP contribution is 2.25.